The van der Waals surface area contributed by atoms with E-state index in [0.29, 0.717) is 39.7 Å². The first-order valence-corrected chi connectivity index (χ1v) is 11.3. The summed E-state index contributed by atoms with van der Waals surface area (Å²) in [4.78, 5) is 4.42. The molecule has 0 aliphatic rings. The van der Waals surface area contributed by atoms with Crippen LogP contribution < -0.4 is 10.1 Å². The largest absolute Gasteiger partial charge is 0.494 e. The molecule has 1 N–H and O–H groups in total. The molecule has 0 bridgehead atoms. The van der Waals surface area contributed by atoms with Crippen LogP contribution in [0.25, 0.3) is 10.9 Å². The molecule has 1 aromatic heterocycles. The van der Waals surface area contributed by atoms with E-state index in [-0.39, 0.29) is 9.79 Å². The van der Waals surface area contributed by atoms with Gasteiger partial charge in [-0.1, -0.05) is 11.6 Å². The summed E-state index contributed by atoms with van der Waals surface area (Å²) in [5.74, 6) is 0.192. The molecule has 4 rings (SSSR count). The molecule has 0 saturated carbocycles. The van der Waals surface area contributed by atoms with Gasteiger partial charge in [-0.05, 0) is 73.7 Å². The van der Waals surface area contributed by atoms with Crippen molar-refractivity contribution in [1.29, 1.82) is 0 Å². The lowest BCUT2D eigenvalue weighted by molar-refractivity contribution is 0.340. The Bertz CT molecular complexity index is 1340. The first kappa shape index (κ1) is 21.1. The smallest absolute Gasteiger partial charge is 0.210 e. The van der Waals surface area contributed by atoms with Crippen molar-refractivity contribution in [2.24, 2.45) is 0 Å². The number of nitrogens with one attached hydrogen (secondary N) is 1. The lowest BCUT2D eigenvalue weighted by Crippen LogP contribution is -2.07. The Kier molecular flexibility index (Phi) is 5.80. The van der Waals surface area contributed by atoms with Crippen LogP contribution in [0.15, 0.2) is 82.7 Å². The van der Waals surface area contributed by atoms with Gasteiger partial charge >= 0.3 is 0 Å². The zero-order valence-corrected chi connectivity index (χ0v) is 18.0. The Morgan fingerprint density at radius 1 is 1.03 bits per heavy atom. The van der Waals surface area contributed by atoms with E-state index >= 15 is 0 Å². The predicted molar refractivity (Wildman–Crippen MR) is 119 cm³/mol. The van der Waals surface area contributed by atoms with Crippen molar-refractivity contribution in [2.45, 2.75) is 16.7 Å². The second-order valence-electron chi connectivity index (χ2n) is 6.70. The molecule has 0 spiro atoms. The third-order valence-corrected chi connectivity index (χ3v) is 6.68. The molecule has 0 aliphatic heterocycles. The summed E-state index contributed by atoms with van der Waals surface area (Å²) in [6.45, 7) is 2.32. The van der Waals surface area contributed by atoms with Gasteiger partial charge in [0.15, 0.2) is 0 Å². The molecule has 8 heteroatoms. The normalized spacial score (nSPS) is 11.5. The second kappa shape index (κ2) is 8.53. The minimum Gasteiger partial charge on any atom is -0.494 e. The average Bonchev–Trinajstić information content (AvgIpc) is 2.76. The van der Waals surface area contributed by atoms with Crippen LogP contribution in [0.3, 0.4) is 0 Å². The van der Waals surface area contributed by atoms with Crippen LogP contribution in [0, 0.1) is 5.82 Å². The highest BCUT2D eigenvalue weighted by Crippen LogP contribution is 2.36. The number of halogens is 2. The summed E-state index contributed by atoms with van der Waals surface area (Å²) in [5, 5.41) is 4.12. The number of hydrogen-bond acceptors (Lipinski definition) is 5. The van der Waals surface area contributed by atoms with Crippen LogP contribution >= 0.6 is 11.6 Å². The van der Waals surface area contributed by atoms with Gasteiger partial charge in [0.1, 0.15) is 16.5 Å². The van der Waals surface area contributed by atoms with Gasteiger partial charge in [-0.2, -0.15) is 0 Å². The fraction of sp³-hybridized carbons (Fsp3) is 0.0870. The van der Waals surface area contributed by atoms with E-state index in [1.54, 1.807) is 18.2 Å². The number of sulfone groups is 1. The number of fused-ring (bicyclic) bond motifs is 1. The van der Waals surface area contributed by atoms with Crippen molar-refractivity contribution >= 4 is 43.7 Å². The number of nitrogens with zero attached hydrogens (tertiary/aromatic N) is 1. The van der Waals surface area contributed by atoms with Gasteiger partial charge in [0.2, 0.25) is 9.84 Å². The van der Waals surface area contributed by atoms with Gasteiger partial charge in [-0.3, -0.25) is 4.98 Å². The molecule has 0 aliphatic carbocycles. The van der Waals surface area contributed by atoms with Gasteiger partial charge in [0.05, 0.1) is 22.7 Å². The molecule has 1 heterocycles. The number of benzene rings is 3. The zero-order valence-electron chi connectivity index (χ0n) is 16.5. The van der Waals surface area contributed by atoms with E-state index in [4.69, 9.17) is 16.3 Å². The Morgan fingerprint density at radius 3 is 2.42 bits per heavy atom. The molecular formula is C23H18ClFN2O3S. The lowest BCUT2D eigenvalue weighted by atomic mass is 10.1. The highest BCUT2D eigenvalue weighted by molar-refractivity contribution is 7.91. The van der Waals surface area contributed by atoms with Gasteiger partial charge in [-0.25, -0.2) is 12.8 Å². The first-order chi connectivity index (χ1) is 14.9. The molecule has 0 atom stereocenters. The van der Waals surface area contributed by atoms with Crippen LogP contribution in [0.1, 0.15) is 6.92 Å². The minimum atomic E-state index is -3.93. The Labute approximate surface area is 184 Å². The standard InChI is InChI=1S/C23H18ClFN2O3S/c1-2-30-18-9-12-21-20(13-18)23(27-17-7-5-16(25)6-8-17)22(14-26-21)31(28,29)19-10-3-15(24)4-11-19/h3-14H,2H2,1H3,(H,26,27). The quantitative estimate of drug-likeness (QED) is 0.385. The Morgan fingerprint density at radius 2 is 1.74 bits per heavy atom. The van der Waals surface area contributed by atoms with Crippen molar-refractivity contribution in [2.75, 3.05) is 11.9 Å². The van der Waals surface area contributed by atoms with Crippen LogP contribution in [0.4, 0.5) is 15.8 Å². The fourth-order valence-corrected chi connectivity index (χ4v) is 4.66. The number of rotatable bonds is 6. The summed E-state index contributed by atoms with van der Waals surface area (Å²) >= 11 is 5.92. The average molecular weight is 457 g/mol. The lowest BCUT2D eigenvalue weighted by Gasteiger charge is -2.16. The summed E-state index contributed by atoms with van der Waals surface area (Å²) in [6.07, 6.45) is 1.32. The molecular weight excluding hydrogens is 439 g/mol. The molecule has 0 radical (unpaired) electrons. The third kappa shape index (κ3) is 4.33. The summed E-state index contributed by atoms with van der Waals surface area (Å²) < 4.78 is 45.9. The van der Waals surface area contributed by atoms with E-state index in [2.05, 4.69) is 10.3 Å². The number of ether oxygens (including phenoxy) is 1. The molecule has 3 aromatic carbocycles. The van der Waals surface area contributed by atoms with E-state index < -0.39 is 15.7 Å². The Balaban J connectivity index is 1.95. The van der Waals surface area contributed by atoms with Crippen LogP contribution in [0.2, 0.25) is 5.02 Å². The summed E-state index contributed by atoms with van der Waals surface area (Å²) in [7, 11) is -3.93. The number of aromatic nitrogens is 1. The molecule has 0 saturated heterocycles. The van der Waals surface area contributed by atoms with E-state index in [1.807, 2.05) is 6.92 Å². The maximum atomic E-state index is 13.5. The van der Waals surface area contributed by atoms with Crippen molar-refractivity contribution in [1.82, 2.24) is 4.98 Å². The van der Waals surface area contributed by atoms with E-state index in [0.717, 1.165) is 0 Å². The predicted octanol–water partition coefficient (Wildman–Crippen LogP) is 6.00. The zero-order chi connectivity index (χ0) is 22.0. The summed E-state index contributed by atoms with van der Waals surface area (Å²) in [5.41, 5.74) is 1.44. The van der Waals surface area contributed by atoms with Crippen LogP contribution in [-0.2, 0) is 9.84 Å². The number of pyridine rings is 1. The second-order valence-corrected chi connectivity index (χ2v) is 9.05. The summed E-state index contributed by atoms with van der Waals surface area (Å²) in [6, 6.07) is 16.8. The molecule has 0 fully saturated rings. The highest BCUT2D eigenvalue weighted by Gasteiger charge is 2.24. The maximum Gasteiger partial charge on any atom is 0.210 e. The van der Waals surface area contributed by atoms with Crippen LogP contribution in [-0.4, -0.2) is 20.0 Å². The van der Waals surface area contributed by atoms with Crippen molar-refractivity contribution in [3.05, 3.63) is 83.8 Å². The van der Waals surface area contributed by atoms with Crippen LogP contribution in [0.5, 0.6) is 5.75 Å². The van der Waals surface area contributed by atoms with Gasteiger partial charge in [0, 0.05) is 22.3 Å². The molecule has 5 nitrogen and oxygen atoms in total. The molecule has 0 unspecified atom stereocenters. The van der Waals surface area contributed by atoms with Crippen molar-refractivity contribution < 1.29 is 17.5 Å². The maximum absolute atomic E-state index is 13.5. The Hall–Kier alpha value is -3.16. The fourth-order valence-electron chi connectivity index (χ4n) is 3.16. The third-order valence-electron chi connectivity index (χ3n) is 4.64. The number of anilines is 2. The van der Waals surface area contributed by atoms with E-state index in [9.17, 15) is 12.8 Å². The van der Waals surface area contributed by atoms with Gasteiger partial charge < -0.3 is 10.1 Å². The van der Waals surface area contributed by atoms with Gasteiger partial charge in [0.25, 0.3) is 0 Å². The van der Waals surface area contributed by atoms with Gasteiger partial charge in [-0.15, -0.1) is 0 Å². The highest BCUT2D eigenvalue weighted by atomic mass is 35.5. The molecule has 4 aromatic rings. The first-order valence-electron chi connectivity index (χ1n) is 9.47. The molecule has 31 heavy (non-hydrogen) atoms. The monoisotopic (exact) mass is 456 g/mol. The number of hydrogen-bond donors (Lipinski definition) is 1. The van der Waals surface area contributed by atoms with Crippen molar-refractivity contribution in [3.8, 4) is 5.75 Å². The molecule has 158 valence electrons. The van der Waals surface area contributed by atoms with Crippen molar-refractivity contribution in [3.63, 3.8) is 0 Å². The molecule has 0 amide bonds. The SMILES string of the molecule is CCOc1ccc2ncc(S(=O)(=O)c3ccc(Cl)cc3)c(Nc3ccc(F)cc3)c2c1. The minimum absolute atomic E-state index is 0.0136. The topological polar surface area (TPSA) is 68.3 Å². The van der Waals surface area contributed by atoms with E-state index in [1.165, 1.54) is 54.7 Å².